The smallest absolute Gasteiger partial charge is 0.166 e. The lowest BCUT2D eigenvalue weighted by Crippen LogP contribution is -2.09. The standard InChI is InChI=1S/C16H19F3/c1-3-12(5-4-11(2)16(17,18)19)8-15-10-13-6-7-14(15)9-13/h3-7,13-15H,1,8-10H2,2H3/b11-4+,12-5+. The molecule has 0 radical (unpaired) electrons. The zero-order chi connectivity index (χ0) is 14.0. The second-order valence-corrected chi connectivity index (χ2v) is 5.54. The Kier molecular flexibility index (Phi) is 4.02. The van der Waals surface area contributed by atoms with Crippen LogP contribution >= 0.6 is 0 Å². The first-order valence-electron chi connectivity index (χ1n) is 6.65. The normalized spacial score (nSPS) is 31.1. The van der Waals surface area contributed by atoms with E-state index < -0.39 is 11.7 Å². The monoisotopic (exact) mass is 268 g/mol. The lowest BCUT2D eigenvalue weighted by Gasteiger charge is -2.18. The van der Waals surface area contributed by atoms with E-state index in [4.69, 9.17) is 0 Å². The third-order valence-corrected chi connectivity index (χ3v) is 4.17. The molecular formula is C16H19F3. The largest absolute Gasteiger partial charge is 0.412 e. The van der Waals surface area contributed by atoms with Gasteiger partial charge in [-0.25, -0.2) is 0 Å². The summed E-state index contributed by atoms with van der Waals surface area (Å²) in [6.45, 7) is 4.80. The van der Waals surface area contributed by atoms with Crippen LogP contribution in [0.2, 0.25) is 0 Å². The van der Waals surface area contributed by atoms with Crippen LogP contribution in [0.3, 0.4) is 0 Å². The van der Waals surface area contributed by atoms with Gasteiger partial charge in [0.15, 0.2) is 0 Å². The maximum Gasteiger partial charge on any atom is 0.412 e. The molecule has 0 aliphatic heterocycles. The number of hydrogen-bond acceptors (Lipinski definition) is 0. The van der Waals surface area contributed by atoms with Crippen molar-refractivity contribution in [3.8, 4) is 0 Å². The summed E-state index contributed by atoms with van der Waals surface area (Å²) in [5.74, 6) is 1.87. The molecule has 2 rings (SSSR count). The minimum atomic E-state index is -4.24. The van der Waals surface area contributed by atoms with E-state index in [0.29, 0.717) is 17.8 Å². The van der Waals surface area contributed by atoms with E-state index in [9.17, 15) is 13.2 Å². The molecule has 0 amide bonds. The molecule has 3 unspecified atom stereocenters. The van der Waals surface area contributed by atoms with Gasteiger partial charge in [0.2, 0.25) is 0 Å². The highest BCUT2D eigenvalue weighted by Crippen LogP contribution is 2.46. The molecule has 0 saturated heterocycles. The summed E-state index contributed by atoms with van der Waals surface area (Å²) in [6, 6.07) is 0. The Hall–Kier alpha value is -1.25. The molecular weight excluding hydrogens is 249 g/mol. The Balaban J connectivity index is 2.01. The van der Waals surface area contributed by atoms with E-state index in [1.807, 2.05) is 0 Å². The van der Waals surface area contributed by atoms with Gasteiger partial charge in [-0.1, -0.05) is 37.0 Å². The van der Waals surface area contributed by atoms with Crippen LogP contribution in [0, 0.1) is 17.8 Å². The number of alkyl halides is 3. The molecule has 19 heavy (non-hydrogen) atoms. The minimum Gasteiger partial charge on any atom is -0.166 e. The van der Waals surface area contributed by atoms with E-state index in [1.54, 1.807) is 12.2 Å². The van der Waals surface area contributed by atoms with Gasteiger partial charge in [-0.3, -0.25) is 0 Å². The molecule has 1 fully saturated rings. The van der Waals surface area contributed by atoms with Gasteiger partial charge in [0, 0.05) is 5.57 Å². The Morgan fingerprint density at radius 2 is 2.00 bits per heavy atom. The summed E-state index contributed by atoms with van der Waals surface area (Å²) in [5.41, 5.74) is 0.328. The third kappa shape index (κ3) is 3.40. The van der Waals surface area contributed by atoms with Crippen LogP contribution in [0.5, 0.6) is 0 Å². The quantitative estimate of drug-likeness (QED) is 0.485. The second kappa shape index (κ2) is 5.40. The van der Waals surface area contributed by atoms with Crippen LogP contribution in [-0.4, -0.2) is 6.18 Å². The fourth-order valence-electron chi connectivity index (χ4n) is 2.98. The molecule has 0 aromatic heterocycles. The maximum atomic E-state index is 12.4. The zero-order valence-corrected chi connectivity index (χ0v) is 11.1. The van der Waals surface area contributed by atoms with E-state index in [2.05, 4.69) is 18.7 Å². The lowest BCUT2D eigenvalue weighted by molar-refractivity contribution is -0.0912. The first-order chi connectivity index (χ1) is 8.90. The molecule has 0 heterocycles. The van der Waals surface area contributed by atoms with Crippen molar-refractivity contribution in [3.63, 3.8) is 0 Å². The molecule has 0 aromatic rings. The van der Waals surface area contributed by atoms with Crippen LogP contribution in [0.4, 0.5) is 13.2 Å². The van der Waals surface area contributed by atoms with Crippen LogP contribution in [-0.2, 0) is 0 Å². The molecule has 104 valence electrons. The summed E-state index contributed by atoms with van der Waals surface area (Å²) in [7, 11) is 0. The molecule has 1 saturated carbocycles. The van der Waals surface area contributed by atoms with Gasteiger partial charge in [-0.05, 0) is 49.5 Å². The van der Waals surface area contributed by atoms with Crippen LogP contribution in [0.25, 0.3) is 0 Å². The van der Waals surface area contributed by atoms with Crippen molar-refractivity contribution in [2.24, 2.45) is 17.8 Å². The molecule has 0 N–H and O–H groups in total. The second-order valence-electron chi connectivity index (χ2n) is 5.54. The molecule has 3 heteroatoms. The van der Waals surface area contributed by atoms with Crippen molar-refractivity contribution in [2.45, 2.75) is 32.4 Å². The van der Waals surface area contributed by atoms with E-state index in [-0.39, 0.29) is 0 Å². The number of rotatable bonds is 4. The average Bonchev–Trinajstić information content (AvgIpc) is 2.94. The van der Waals surface area contributed by atoms with Gasteiger partial charge >= 0.3 is 6.18 Å². The highest BCUT2D eigenvalue weighted by atomic mass is 19.4. The topological polar surface area (TPSA) is 0 Å². The predicted octanol–water partition coefficient (Wildman–Crippen LogP) is 5.21. The number of halogens is 3. The third-order valence-electron chi connectivity index (χ3n) is 4.17. The molecule has 0 aromatic carbocycles. The molecule has 2 aliphatic carbocycles. The molecule has 0 nitrogen and oxygen atoms in total. The fraction of sp³-hybridized carbons (Fsp3) is 0.500. The van der Waals surface area contributed by atoms with Crippen LogP contribution in [0.15, 0.2) is 48.1 Å². The van der Waals surface area contributed by atoms with Crippen molar-refractivity contribution in [1.29, 1.82) is 0 Å². The van der Waals surface area contributed by atoms with Gasteiger partial charge in [-0.2, -0.15) is 13.2 Å². The van der Waals surface area contributed by atoms with E-state index in [1.165, 1.54) is 6.42 Å². The van der Waals surface area contributed by atoms with Crippen LogP contribution in [0.1, 0.15) is 26.2 Å². The van der Waals surface area contributed by atoms with Crippen LogP contribution < -0.4 is 0 Å². The summed E-state index contributed by atoms with van der Waals surface area (Å²) in [6.07, 6.45) is 7.89. The zero-order valence-electron chi connectivity index (χ0n) is 11.1. The molecule has 3 atom stereocenters. The molecule has 2 aliphatic rings. The van der Waals surface area contributed by atoms with Gasteiger partial charge < -0.3 is 0 Å². The van der Waals surface area contributed by atoms with Crippen molar-refractivity contribution < 1.29 is 13.2 Å². The Bertz CT molecular complexity index is 437. The summed E-state index contributed by atoms with van der Waals surface area (Å²) < 4.78 is 37.2. The van der Waals surface area contributed by atoms with E-state index >= 15 is 0 Å². The van der Waals surface area contributed by atoms with Crippen molar-refractivity contribution in [1.82, 2.24) is 0 Å². The predicted molar refractivity (Wildman–Crippen MR) is 71.6 cm³/mol. The Morgan fingerprint density at radius 3 is 2.47 bits per heavy atom. The summed E-state index contributed by atoms with van der Waals surface area (Å²) in [5, 5.41) is 0. The highest BCUT2D eigenvalue weighted by molar-refractivity contribution is 5.27. The van der Waals surface area contributed by atoms with Gasteiger partial charge in [-0.15, -0.1) is 0 Å². The van der Waals surface area contributed by atoms with Crippen molar-refractivity contribution in [2.75, 3.05) is 0 Å². The molecule has 0 spiro atoms. The maximum absolute atomic E-state index is 12.4. The average molecular weight is 268 g/mol. The SMILES string of the molecule is C=C/C(=C\C=C(/C)C(F)(F)F)CC1CC2C=CC1C2. The highest BCUT2D eigenvalue weighted by Gasteiger charge is 2.35. The lowest BCUT2D eigenvalue weighted by atomic mass is 9.87. The number of allylic oxidation sites excluding steroid dienone is 7. The van der Waals surface area contributed by atoms with Gasteiger partial charge in [0.05, 0.1) is 0 Å². The van der Waals surface area contributed by atoms with Crippen molar-refractivity contribution in [3.05, 3.63) is 48.1 Å². The fourth-order valence-corrected chi connectivity index (χ4v) is 2.98. The number of hydrogen-bond donors (Lipinski definition) is 0. The van der Waals surface area contributed by atoms with Gasteiger partial charge in [0.1, 0.15) is 0 Å². The minimum absolute atomic E-state index is 0.568. The Morgan fingerprint density at radius 1 is 1.26 bits per heavy atom. The Labute approximate surface area is 112 Å². The first-order valence-corrected chi connectivity index (χ1v) is 6.65. The van der Waals surface area contributed by atoms with Gasteiger partial charge in [0.25, 0.3) is 0 Å². The molecule has 2 bridgehead atoms. The summed E-state index contributed by atoms with van der Waals surface area (Å²) >= 11 is 0. The number of fused-ring (bicyclic) bond motifs is 2. The van der Waals surface area contributed by atoms with E-state index in [0.717, 1.165) is 31.4 Å². The summed E-state index contributed by atoms with van der Waals surface area (Å²) in [4.78, 5) is 0. The first kappa shape index (κ1) is 14.2. The van der Waals surface area contributed by atoms with Crippen molar-refractivity contribution >= 4 is 0 Å².